The Bertz CT molecular complexity index is 618. The Morgan fingerprint density at radius 1 is 1.38 bits per heavy atom. The first-order valence-corrected chi connectivity index (χ1v) is 7.64. The average molecular weight is 285 g/mol. The zero-order valence-electron chi connectivity index (χ0n) is 13.0. The topological polar surface area (TPSA) is 39.1 Å². The van der Waals surface area contributed by atoms with Crippen molar-refractivity contribution in [2.45, 2.75) is 45.2 Å². The second-order valence-electron chi connectivity index (χ2n) is 5.94. The number of nitrogens with one attached hydrogen (secondary N) is 1. The molecule has 0 aliphatic carbocycles. The van der Waals surface area contributed by atoms with Gasteiger partial charge in [0.05, 0.1) is 19.0 Å². The highest BCUT2D eigenvalue weighted by molar-refractivity contribution is 5.54. The number of hydrogen-bond donors (Lipinski definition) is 1. The van der Waals surface area contributed by atoms with E-state index in [-0.39, 0.29) is 0 Å². The summed E-state index contributed by atoms with van der Waals surface area (Å²) in [5.41, 5.74) is 3.87. The minimum absolute atomic E-state index is 0.347. The van der Waals surface area contributed by atoms with E-state index in [2.05, 4.69) is 53.2 Å². The number of anilines is 1. The van der Waals surface area contributed by atoms with Gasteiger partial charge in [-0.3, -0.25) is 4.68 Å². The first-order chi connectivity index (χ1) is 10.2. The van der Waals surface area contributed by atoms with Crippen LogP contribution < -0.4 is 10.1 Å². The van der Waals surface area contributed by atoms with Crippen LogP contribution in [0.1, 0.15) is 37.6 Å². The first kappa shape index (κ1) is 14.0. The van der Waals surface area contributed by atoms with E-state index in [1.807, 2.05) is 6.20 Å². The van der Waals surface area contributed by atoms with Crippen LogP contribution in [0, 0.1) is 0 Å². The van der Waals surface area contributed by atoms with Gasteiger partial charge in [0.1, 0.15) is 0 Å². The Hall–Kier alpha value is -1.97. The number of para-hydroxylation sites is 1. The molecule has 0 spiro atoms. The molecule has 1 aliphatic heterocycles. The Kier molecular flexibility index (Phi) is 3.86. The molecule has 3 rings (SSSR count). The van der Waals surface area contributed by atoms with Crippen LogP contribution in [-0.4, -0.2) is 22.9 Å². The average Bonchev–Trinajstić information content (AvgIpc) is 2.90. The second kappa shape index (κ2) is 5.80. The quantitative estimate of drug-likeness (QED) is 0.935. The van der Waals surface area contributed by atoms with Crippen LogP contribution in [0.15, 0.2) is 30.5 Å². The lowest BCUT2D eigenvalue weighted by atomic mass is 9.95. The summed E-state index contributed by atoms with van der Waals surface area (Å²) >= 11 is 0. The van der Waals surface area contributed by atoms with E-state index in [9.17, 15) is 0 Å². The predicted molar refractivity (Wildman–Crippen MR) is 85.0 cm³/mol. The molecule has 0 fully saturated rings. The number of benzene rings is 1. The van der Waals surface area contributed by atoms with Gasteiger partial charge in [0.2, 0.25) is 0 Å². The number of methoxy groups -OCH3 is 1. The summed E-state index contributed by atoms with van der Waals surface area (Å²) in [6.07, 6.45) is 5.04. The van der Waals surface area contributed by atoms with Crippen LogP contribution in [0.4, 0.5) is 5.69 Å². The maximum atomic E-state index is 5.48. The Labute approximate surface area is 126 Å². The van der Waals surface area contributed by atoms with E-state index in [4.69, 9.17) is 4.74 Å². The Morgan fingerprint density at radius 2 is 2.19 bits per heavy atom. The molecule has 1 atom stereocenters. The molecule has 2 aromatic rings. The molecule has 0 saturated heterocycles. The molecule has 1 aliphatic rings. The summed E-state index contributed by atoms with van der Waals surface area (Å²) in [6.45, 7) is 4.30. The van der Waals surface area contributed by atoms with Gasteiger partial charge in [-0.05, 0) is 38.3 Å². The molecule has 1 aromatic heterocycles. The van der Waals surface area contributed by atoms with Gasteiger partial charge in [-0.1, -0.05) is 18.2 Å². The van der Waals surface area contributed by atoms with Gasteiger partial charge in [0.15, 0.2) is 5.75 Å². The highest BCUT2D eigenvalue weighted by Crippen LogP contribution is 2.29. The molecule has 4 heteroatoms. The summed E-state index contributed by atoms with van der Waals surface area (Å²) in [4.78, 5) is 0. The zero-order valence-corrected chi connectivity index (χ0v) is 13.0. The lowest BCUT2D eigenvalue weighted by Crippen LogP contribution is -2.29. The number of aromatic nitrogens is 2. The van der Waals surface area contributed by atoms with E-state index < -0.39 is 0 Å². The van der Waals surface area contributed by atoms with Crippen LogP contribution in [0.3, 0.4) is 0 Å². The zero-order chi connectivity index (χ0) is 14.8. The fraction of sp³-hybridized carbons (Fsp3) is 0.471. The summed E-state index contributed by atoms with van der Waals surface area (Å²) in [5.74, 6) is 0.893. The van der Waals surface area contributed by atoms with Gasteiger partial charge >= 0.3 is 0 Å². The van der Waals surface area contributed by atoms with Crippen molar-refractivity contribution in [3.8, 4) is 5.75 Å². The molecule has 0 bridgehead atoms. The van der Waals surface area contributed by atoms with E-state index >= 15 is 0 Å². The van der Waals surface area contributed by atoms with Crippen LogP contribution >= 0.6 is 0 Å². The van der Waals surface area contributed by atoms with Crippen LogP contribution in [-0.2, 0) is 12.8 Å². The fourth-order valence-electron chi connectivity index (χ4n) is 3.07. The molecule has 1 unspecified atom stereocenters. The number of aryl methyl sites for hydroxylation is 1. The highest BCUT2D eigenvalue weighted by Gasteiger charge is 2.22. The minimum atomic E-state index is 0.347. The third-order valence-corrected chi connectivity index (χ3v) is 4.15. The Morgan fingerprint density at radius 3 is 2.95 bits per heavy atom. The van der Waals surface area contributed by atoms with E-state index in [1.54, 1.807) is 7.11 Å². The van der Waals surface area contributed by atoms with Gasteiger partial charge < -0.3 is 10.1 Å². The monoisotopic (exact) mass is 285 g/mol. The van der Waals surface area contributed by atoms with Gasteiger partial charge in [0, 0.05) is 24.2 Å². The van der Waals surface area contributed by atoms with E-state index in [0.717, 1.165) is 25.0 Å². The van der Waals surface area contributed by atoms with Gasteiger partial charge in [0.25, 0.3) is 0 Å². The molecule has 4 nitrogen and oxygen atoms in total. The number of rotatable bonds is 4. The third kappa shape index (κ3) is 2.75. The maximum Gasteiger partial charge on any atom is 0.160 e. The molecule has 0 radical (unpaired) electrons. The lowest BCUT2D eigenvalue weighted by molar-refractivity contribution is 0.400. The molecule has 1 aromatic carbocycles. The van der Waals surface area contributed by atoms with E-state index in [1.165, 1.54) is 16.9 Å². The predicted octanol–water partition coefficient (Wildman–Crippen LogP) is 3.44. The van der Waals surface area contributed by atoms with Crippen molar-refractivity contribution >= 4 is 5.69 Å². The fourth-order valence-corrected chi connectivity index (χ4v) is 3.07. The van der Waals surface area contributed by atoms with Crippen molar-refractivity contribution in [2.75, 3.05) is 12.4 Å². The first-order valence-electron chi connectivity index (χ1n) is 7.64. The second-order valence-corrected chi connectivity index (χ2v) is 5.94. The van der Waals surface area contributed by atoms with Gasteiger partial charge in [-0.25, -0.2) is 0 Å². The van der Waals surface area contributed by atoms with Crippen molar-refractivity contribution in [3.63, 3.8) is 0 Å². The summed E-state index contributed by atoms with van der Waals surface area (Å²) in [6, 6.07) is 9.35. The molecule has 0 amide bonds. The van der Waals surface area contributed by atoms with Crippen LogP contribution in [0.5, 0.6) is 5.75 Å². The van der Waals surface area contributed by atoms with Gasteiger partial charge in [-0.15, -0.1) is 0 Å². The normalized spacial score (nSPS) is 17.4. The summed E-state index contributed by atoms with van der Waals surface area (Å²) in [7, 11) is 1.72. The maximum absolute atomic E-state index is 5.48. The molecular formula is C17H23N3O. The van der Waals surface area contributed by atoms with Gasteiger partial charge in [-0.2, -0.15) is 5.10 Å². The number of hydrogen-bond acceptors (Lipinski definition) is 3. The van der Waals surface area contributed by atoms with E-state index in [0.29, 0.717) is 12.1 Å². The largest absolute Gasteiger partial charge is 0.493 e. The van der Waals surface area contributed by atoms with Crippen molar-refractivity contribution in [1.82, 2.24) is 9.78 Å². The number of fused-ring (bicyclic) bond motifs is 1. The van der Waals surface area contributed by atoms with Crippen LogP contribution in [0.2, 0.25) is 0 Å². The summed E-state index contributed by atoms with van der Waals surface area (Å²) in [5, 5.41) is 8.12. The lowest BCUT2D eigenvalue weighted by Gasteiger charge is -2.27. The SMILES string of the molecule is COc1cnn(C(C)C)c1CC1CCc2ccccc2N1. The number of ether oxygens (including phenoxy) is 1. The van der Waals surface area contributed by atoms with Crippen molar-refractivity contribution in [1.29, 1.82) is 0 Å². The molecular weight excluding hydrogens is 262 g/mol. The third-order valence-electron chi connectivity index (χ3n) is 4.15. The summed E-state index contributed by atoms with van der Waals surface area (Å²) < 4.78 is 7.55. The standard InChI is InChI=1S/C17H23N3O/c1-12(2)20-16(17(21-3)11-18-20)10-14-9-8-13-6-4-5-7-15(13)19-14/h4-7,11-12,14,19H,8-10H2,1-3H3. The van der Waals surface area contributed by atoms with Crippen molar-refractivity contribution in [2.24, 2.45) is 0 Å². The van der Waals surface area contributed by atoms with Crippen LogP contribution in [0.25, 0.3) is 0 Å². The Balaban J connectivity index is 1.80. The molecule has 112 valence electrons. The molecule has 2 heterocycles. The molecule has 0 saturated carbocycles. The highest BCUT2D eigenvalue weighted by atomic mass is 16.5. The minimum Gasteiger partial charge on any atom is -0.493 e. The van der Waals surface area contributed by atoms with Crippen molar-refractivity contribution in [3.05, 3.63) is 41.7 Å². The smallest absolute Gasteiger partial charge is 0.160 e. The number of nitrogens with zero attached hydrogens (tertiary/aromatic N) is 2. The molecule has 1 N–H and O–H groups in total. The molecule has 21 heavy (non-hydrogen) atoms. The van der Waals surface area contributed by atoms with Crippen molar-refractivity contribution < 1.29 is 4.74 Å².